The Morgan fingerprint density at radius 3 is 1.83 bits per heavy atom. The van der Waals surface area contributed by atoms with Gasteiger partial charge in [0.1, 0.15) is 0 Å². The molecular formula is C22H20N4O3. The highest BCUT2D eigenvalue weighted by atomic mass is 16.2. The molecule has 0 aliphatic carbocycles. The Hall–Kier alpha value is -4.13. The lowest BCUT2D eigenvalue weighted by Gasteiger charge is -2.10. The van der Waals surface area contributed by atoms with Gasteiger partial charge in [-0.3, -0.25) is 9.59 Å². The number of nitrogens with one attached hydrogen (secondary N) is 4. The van der Waals surface area contributed by atoms with Crippen molar-refractivity contribution in [1.29, 1.82) is 0 Å². The Balaban J connectivity index is 1.64. The van der Waals surface area contributed by atoms with Gasteiger partial charge >= 0.3 is 6.03 Å². The normalized spacial score (nSPS) is 9.97. The number of amides is 4. The highest BCUT2D eigenvalue weighted by Crippen LogP contribution is 2.18. The van der Waals surface area contributed by atoms with E-state index in [9.17, 15) is 14.4 Å². The maximum atomic E-state index is 12.5. The summed E-state index contributed by atoms with van der Waals surface area (Å²) in [7, 11) is 0. The number of urea groups is 1. The number of rotatable bonds is 5. The zero-order valence-electron chi connectivity index (χ0n) is 15.7. The van der Waals surface area contributed by atoms with E-state index in [1.807, 2.05) is 18.2 Å². The van der Waals surface area contributed by atoms with Crippen LogP contribution in [0.25, 0.3) is 0 Å². The summed E-state index contributed by atoms with van der Waals surface area (Å²) in [5.41, 5.74) is 2.67. The van der Waals surface area contributed by atoms with Crippen LogP contribution in [0.5, 0.6) is 0 Å². The van der Waals surface area contributed by atoms with Crippen LogP contribution in [0.4, 0.5) is 27.5 Å². The van der Waals surface area contributed by atoms with Gasteiger partial charge in [0.05, 0.1) is 0 Å². The van der Waals surface area contributed by atoms with Gasteiger partial charge in [0, 0.05) is 35.2 Å². The van der Waals surface area contributed by atoms with Crippen LogP contribution in [-0.4, -0.2) is 17.8 Å². The van der Waals surface area contributed by atoms with Crippen molar-refractivity contribution in [3.8, 4) is 0 Å². The van der Waals surface area contributed by atoms with Gasteiger partial charge in [-0.1, -0.05) is 30.3 Å². The molecule has 29 heavy (non-hydrogen) atoms. The number of carbonyl (C=O) groups excluding carboxylic acids is 3. The lowest BCUT2D eigenvalue weighted by molar-refractivity contribution is -0.114. The summed E-state index contributed by atoms with van der Waals surface area (Å²) in [4.78, 5) is 35.8. The minimum atomic E-state index is -0.386. The monoisotopic (exact) mass is 388 g/mol. The standard InChI is InChI=1S/C22H20N4O3/c1-15(27)23-18-10-5-7-16(13-18)21(28)24-19-11-6-12-20(14-19)26-22(29)25-17-8-3-2-4-9-17/h2-14H,1H3,(H,23,27)(H,24,28)(H2,25,26,29). The Kier molecular flexibility index (Phi) is 6.22. The van der Waals surface area contributed by atoms with Crippen LogP contribution in [0.1, 0.15) is 17.3 Å². The van der Waals surface area contributed by atoms with Gasteiger partial charge < -0.3 is 21.3 Å². The molecule has 0 unspecified atom stereocenters. The van der Waals surface area contributed by atoms with Crippen LogP contribution >= 0.6 is 0 Å². The molecule has 7 heteroatoms. The summed E-state index contributed by atoms with van der Waals surface area (Å²) < 4.78 is 0. The number of hydrogen-bond acceptors (Lipinski definition) is 3. The molecule has 0 spiro atoms. The molecular weight excluding hydrogens is 368 g/mol. The molecule has 0 aliphatic heterocycles. The predicted molar refractivity (Wildman–Crippen MR) is 114 cm³/mol. The smallest absolute Gasteiger partial charge is 0.323 e. The summed E-state index contributed by atoms with van der Waals surface area (Å²) in [6.07, 6.45) is 0. The first-order valence-corrected chi connectivity index (χ1v) is 8.92. The molecule has 0 aromatic heterocycles. The van der Waals surface area contributed by atoms with Crippen molar-refractivity contribution in [3.63, 3.8) is 0 Å². The van der Waals surface area contributed by atoms with Crippen molar-refractivity contribution in [2.45, 2.75) is 6.92 Å². The molecule has 0 heterocycles. The van der Waals surface area contributed by atoms with Crippen LogP contribution in [0.15, 0.2) is 78.9 Å². The minimum absolute atomic E-state index is 0.213. The highest BCUT2D eigenvalue weighted by Gasteiger charge is 2.09. The van der Waals surface area contributed by atoms with Crippen molar-refractivity contribution in [2.75, 3.05) is 21.3 Å². The van der Waals surface area contributed by atoms with E-state index in [1.54, 1.807) is 60.7 Å². The molecule has 3 rings (SSSR count). The number of benzene rings is 3. The summed E-state index contributed by atoms with van der Waals surface area (Å²) in [5, 5.41) is 10.9. The molecule has 146 valence electrons. The molecule has 7 nitrogen and oxygen atoms in total. The van der Waals surface area contributed by atoms with Crippen LogP contribution < -0.4 is 21.3 Å². The molecule has 3 aromatic carbocycles. The fraction of sp³-hybridized carbons (Fsp3) is 0.0455. The zero-order valence-corrected chi connectivity index (χ0v) is 15.7. The third-order valence-corrected chi connectivity index (χ3v) is 3.86. The van der Waals surface area contributed by atoms with Crippen LogP contribution in [0.2, 0.25) is 0 Å². The Morgan fingerprint density at radius 2 is 1.14 bits per heavy atom. The molecule has 4 N–H and O–H groups in total. The van der Waals surface area contributed by atoms with Gasteiger partial charge in [0.25, 0.3) is 5.91 Å². The predicted octanol–water partition coefficient (Wildman–Crippen LogP) is 4.54. The molecule has 3 aromatic rings. The van der Waals surface area contributed by atoms with Crippen molar-refractivity contribution in [3.05, 3.63) is 84.4 Å². The van der Waals surface area contributed by atoms with E-state index in [1.165, 1.54) is 6.92 Å². The lowest BCUT2D eigenvalue weighted by atomic mass is 10.1. The lowest BCUT2D eigenvalue weighted by Crippen LogP contribution is -2.19. The van der Waals surface area contributed by atoms with Crippen LogP contribution in [0, 0.1) is 0 Å². The van der Waals surface area contributed by atoms with Gasteiger partial charge in [-0.05, 0) is 48.5 Å². The van der Waals surface area contributed by atoms with E-state index in [0.29, 0.717) is 28.3 Å². The first kappa shape index (κ1) is 19.6. The first-order chi connectivity index (χ1) is 14.0. The average molecular weight is 388 g/mol. The SMILES string of the molecule is CC(=O)Nc1cccc(C(=O)Nc2cccc(NC(=O)Nc3ccccc3)c2)c1. The molecule has 0 atom stereocenters. The van der Waals surface area contributed by atoms with Crippen LogP contribution in [0.3, 0.4) is 0 Å². The molecule has 4 amide bonds. The number of anilines is 4. The number of para-hydroxylation sites is 1. The maximum absolute atomic E-state index is 12.5. The maximum Gasteiger partial charge on any atom is 0.323 e. The largest absolute Gasteiger partial charge is 0.326 e. The zero-order chi connectivity index (χ0) is 20.6. The fourth-order valence-electron chi connectivity index (χ4n) is 2.63. The van der Waals surface area contributed by atoms with Crippen molar-refractivity contribution < 1.29 is 14.4 Å². The average Bonchev–Trinajstić information content (AvgIpc) is 2.68. The molecule has 0 fully saturated rings. The molecule has 0 bridgehead atoms. The second-order valence-electron chi connectivity index (χ2n) is 6.24. The molecule has 0 radical (unpaired) electrons. The van der Waals surface area contributed by atoms with E-state index in [-0.39, 0.29) is 17.8 Å². The van der Waals surface area contributed by atoms with Crippen LogP contribution in [-0.2, 0) is 4.79 Å². The highest BCUT2D eigenvalue weighted by molar-refractivity contribution is 6.06. The number of carbonyl (C=O) groups is 3. The second-order valence-corrected chi connectivity index (χ2v) is 6.24. The first-order valence-electron chi connectivity index (χ1n) is 8.92. The Bertz CT molecular complexity index is 1030. The Morgan fingerprint density at radius 1 is 0.586 bits per heavy atom. The van der Waals surface area contributed by atoms with E-state index in [2.05, 4.69) is 21.3 Å². The third-order valence-electron chi connectivity index (χ3n) is 3.86. The summed E-state index contributed by atoms with van der Waals surface area (Å²) in [6.45, 7) is 1.40. The van der Waals surface area contributed by atoms with Crippen molar-refractivity contribution >= 4 is 40.6 Å². The summed E-state index contributed by atoms with van der Waals surface area (Å²) in [6, 6.07) is 22.1. The van der Waals surface area contributed by atoms with Gasteiger partial charge in [-0.15, -0.1) is 0 Å². The molecule has 0 aliphatic rings. The molecule has 0 saturated heterocycles. The van der Waals surface area contributed by atoms with Gasteiger partial charge in [-0.2, -0.15) is 0 Å². The van der Waals surface area contributed by atoms with Crippen molar-refractivity contribution in [1.82, 2.24) is 0 Å². The van der Waals surface area contributed by atoms with E-state index >= 15 is 0 Å². The van der Waals surface area contributed by atoms with E-state index < -0.39 is 0 Å². The summed E-state index contributed by atoms with van der Waals surface area (Å²) >= 11 is 0. The summed E-state index contributed by atoms with van der Waals surface area (Å²) in [5.74, 6) is -0.543. The molecule has 0 saturated carbocycles. The third kappa shape index (κ3) is 5.93. The van der Waals surface area contributed by atoms with Gasteiger partial charge in [0.2, 0.25) is 5.91 Å². The second kappa shape index (κ2) is 9.18. The van der Waals surface area contributed by atoms with Crippen molar-refractivity contribution in [2.24, 2.45) is 0 Å². The van der Waals surface area contributed by atoms with Gasteiger partial charge in [-0.25, -0.2) is 4.79 Å². The van der Waals surface area contributed by atoms with E-state index in [4.69, 9.17) is 0 Å². The quantitative estimate of drug-likeness (QED) is 0.516. The fourth-order valence-corrected chi connectivity index (χ4v) is 2.63. The topological polar surface area (TPSA) is 99.3 Å². The van der Waals surface area contributed by atoms with Gasteiger partial charge in [0.15, 0.2) is 0 Å². The minimum Gasteiger partial charge on any atom is -0.326 e. The van der Waals surface area contributed by atoms with E-state index in [0.717, 1.165) is 0 Å². The Labute approximate surface area is 168 Å². The number of hydrogen-bond donors (Lipinski definition) is 4.